The number of hydrogen-bond donors (Lipinski definition) is 1. The number of para-hydroxylation sites is 1. The molecule has 0 saturated heterocycles. The molecule has 0 aliphatic heterocycles. The van der Waals surface area contributed by atoms with E-state index in [1.165, 1.54) is 11.8 Å². The topological polar surface area (TPSA) is 46.0 Å². The Kier molecular flexibility index (Phi) is 2.87. The summed E-state index contributed by atoms with van der Waals surface area (Å²) in [4.78, 5) is 0.789. The minimum absolute atomic E-state index is 0.269. The second-order valence-electron chi connectivity index (χ2n) is 3.14. The molecule has 0 spiro atoms. The van der Waals surface area contributed by atoms with E-state index in [-0.39, 0.29) is 5.75 Å². The minimum atomic E-state index is 0.269. The number of benzene rings is 1. The van der Waals surface area contributed by atoms with E-state index in [1.54, 1.807) is 18.3 Å². The molecule has 1 N–H and O–H groups in total. The van der Waals surface area contributed by atoms with Gasteiger partial charge in [0.05, 0.1) is 11.1 Å². The number of phenols is 1. The third-order valence-corrected chi connectivity index (χ3v) is 2.82. The fourth-order valence-electron chi connectivity index (χ4n) is 1.14. The lowest BCUT2D eigenvalue weighted by atomic mass is 10.3. The van der Waals surface area contributed by atoms with E-state index in [4.69, 9.17) is 0 Å². The van der Waals surface area contributed by atoms with Gasteiger partial charge in [-0.2, -0.15) is 5.10 Å². The van der Waals surface area contributed by atoms with Gasteiger partial charge in [-0.15, -0.1) is 5.10 Å². The number of aromatic hydroxyl groups is 1. The lowest BCUT2D eigenvalue weighted by molar-refractivity contribution is 0.462. The number of aromatic nitrogens is 2. The Morgan fingerprint density at radius 3 is 2.80 bits per heavy atom. The van der Waals surface area contributed by atoms with Crippen molar-refractivity contribution in [2.75, 3.05) is 0 Å². The highest BCUT2D eigenvalue weighted by molar-refractivity contribution is 7.99. The summed E-state index contributed by atoms with van der Waals surface area (Å²) < 4.78 is 0. The molecule has 2 aromatic rings. The monoisotopic (exact) mass is 218 g/mol. The van der Waals surface area contributed by atoms with E-state index in [9.17, 15) is 5.11 Å². The number of aryl methyl sites for hydroxylation is 1. The Bertz CT molecular complexity index is 474. The van der Waals surface area contributed by atoms with Crippen LogP contribution < -0.4 is 0 Å². The molecule has 15 heavy (non-hydrogen) atoms. The predicted molar refractivity (Wildman–Crippen MR) is 59.0 cm³/mol. The summed E-state index contributed by atoms with van der Waals surface area (Å²) in [5.41, 5.74) is 1.06. The molecule has 0 bridgehead atoms. The molecule has 0 radical (unpaired) electrons. The highest BCUT2D eigenvalue weighted by Gasteiger charge is 2.03. The number of hydrogen-bond acceptors (Lipinski definition) is 4. The van der Waals surface area contributed by atoms with Gasteiger partial charge in [-0.1, -0.05) is 23.9 Å². The maximum atomic E-state index is 9.57. The molecule has 0 atom stereocenters. The quantitative estimate of drug-likeness (QED) is 0.841. The Hall–Kier alpha value is -1.55. The van der Waals surface area contributed by atoms with E-state index >= 15 is 0 Å². The number of nitrogens with zero attached hydrogens (tertiary/aromatic N) is 2. The van der Waals surface area contributed by atoms with Crippen molar-refractivity contribution in [3.05, 3.63) is 42.1 Å². The molecule has 0 aliphatic carbocycles. The smallest absolute Gasteiger partial charge is 0.129 e. The third kappa shape index (κ3) is 2.47. The van der Waals surface area contributed by atoms with Crippen LogP contribution in [0.5, 0.6) is 5.75 Å². The maximum absolute atomic E-state index is 9.57. The Morgan fingerprint density at radius 1 is 1.27 bits per heavy atom. The molecular formula is C11H10N2OS. The van der Waals surface area contributed by atoms with Crippen LogP contribution in [0.4, 0.5) is 0 Å². The molecule has 1 aromatic heterocycles. The van der Waals surface area contributed by atoms with E-state index in [2.05, 4.69) is 10.2 Å². The SMILES string of the molecule is Cc1cnnc(Sc2ccccc2O)c1. The lowest BCUT2D eigenvalue weighted by Crippen LogP contribution is -1.86. The molecular weight excluding hydrogens is 208 g/mol. The zero-order valence-corrected chi connectivity index (χ0v) is 9.03. The van der Waals surface area contributed by atoms with Crippen LogP contribution in [0.1, 0.15) is 5.56 Å². The van der Waals surface area contributed by atoms with Crippen LogP contribution in [-0.2, 0) is 0 Å². The molecule has 4 heteroatoms. The summed E-state index contributed by atoms with van der Waals surface area (Å²) in [5, 5.41) is 18.2. The van der Waals surface area contributed by atoms with Crippen LogP contribution in [0.15, 0.2) is 46.5 Å². The maximum Gasteiger partial charge on any atom is 0.129 e. The van der Waals surface area contributed by atoms with Gasteiger partial charge in [0, 0.05) is 0 Å². The van der Waals surface area contributed by atoms with Gasteiger partial charge >= 0.3 is 0 Å². The Labute approximate surface area is 92.2 Å². The first-order valence-electron chi connectivity index (χ1n) is 4.51. The average Bonchev–Trinajstić information content (AvgIpc) is 2.22. The van der Waals surface area contributed by atoms with Gasteiger partial charge in [-0.3, -0.25) is 0 Å². The molecule has 1 aromatic carbocycles. The third-order valence-electron chi connectivity index (χ3n) is 1.85. The van der Waals surface area contributed by atoms with Crippen LogP contribution in [-0.4, -0.2) is 15.3 Å². The van der Waals surface area contributed by atoms with Crippen LogP contribution >= 0.6 is 11.8 Å². The average molecular weight is 218 g/mol. The van der Waals surface area contributed by atoms with Gasteiger partial charge in [-0.25, -0.2) is 0 Å². The Balaban J connectivity index is 2.26. The molecule has 1 heterocycles. The van der Waals surface area contributed by atoms with Crippen LogP contribution in [0.2, 0.25) is 0 Å². The highest BCUT2D eigenvalue weighted by atomic mass is 32.2. The summed E-state index contributed by atoms with van der Waals surface area (Å²) in [5.74, 6) is 0.269. The second-order valence-corrected chi connectivity index (χ2v) is 4.20. The van der Waals surface area contributed by atoms with E-state index in [0.717, 1.165) is 15.5 Å². The minimum Gasteiger partial charge on any atom is -0.507 e. The van der Waals surface area contributed by atoms with Crippen molar-refractivity contribution in [3.63, 3.8) is 0 Å². The molecule has 0 aliphatic rings. The van der Waals surface area contributed by atoms with Crippen LogP contribution in [0, 0.1) is 6.92 Å². The first-order valence-corrected chi connectivity index (χ1v) is 5.32. The summed E-state index contributed by atoms with van der Waals surface area (Å²) in [6.45, 7) is 1.96. The summed E-state index contributed by atoms with van der Waals surface area (Å²) >= 11 is 1.40. The van der Waals surface area contributed by atoms with Crippen molar-refractivity contribution in [2.24, 2.45) is 0 Å². The van der Waals surface area contributed by atoms with Crippen molar-refractivity contribution in [1.29, 1.82) is 0 Å². The lowest BCUT2D eigenvalue weighted by Gasteiger charge is -2.02. The van der Waals surface area contributed by atoms with Crippen molar-refractivity contribution in [2.45, 2.75) is 16.8 Å². The molecule has 0 fully saturated rings. The highest BCUT2D eigenvalue weighted by Crippen LogP contribution is 2.32. The normalized spacial score (nSPS) is 10.2. The number of phenolic OH excluding ortho intramolecular Hbond substituents is 1. The summed E-state index contributed by atoms with van der Waals surface area (Å²) in [7, 11) is 0. The van der Waals surface area contributed by atoms with Gasteiger partial charge in [0.25, 0.3) is 0 Å². The standard InChI is InChI=1S/C11H10N2OS/c1-8-6-11(13-12-7-8)15-10-5-3-2-4-9(10)14/h2-7,14H,1H3. The molecule has 2 rings (SSSR count). The summed E-state index contributed by atoms with van der Waals surface area (Å²) in [6.07, 6.45) is 1.70. The van der Waals surface area contributed by atoms with Crippen molar-refractivity contribution in [3.8, 4) is 5.75 Å². The van der Waals surface area contributed by atoms with Crippen molar-refractivity contribution < 1.29 is 5.11 Å². The fourth-order valence-corrected chi connectivity index (χ4v) is 2.02. The van der Waals surface area contributed by atoms with Gasteiger partial charge in [-0.05, 0) is 30.7 Å². The zero-order valence-electron chi connectivity index (χ0n) is 8.21. The van der Waals surface area contributed by atoms with E-state index < -0.39 is 0 Å². The zero-order chi connectivity index (χ0) is 10.7. The van der Waals surface area contributed by atoms with Gasteiger partial charge in [0.15, 0.2) is 0 Å². The van der Waals surface area contributed by atoms with Gasteiger partial charge in [0.2, 0.25) is 0 Å². The van der Waals surface area contributed by atoms with Crippen molar-refractivity contribution in [1.82, 2.24) is 10.2 Å². The van der Waals surface area contributed by atoms with Crippen molar-refractivity contribution >= 4 is 11.8 Å². The van der Waals surface area contributed by atoms with E-state index in [0.29, 0.717) is 0 Å². The molecule has 3 nitrogen and oxygen atoms in total. The first-order chi connectivity index (χ1) is 7.25. The predicted octanol–water partition coefficient (Wildman–Crippen LogP) is 2.64. The molecule has 76 valence electrons. The number of rotatable bonds is 2. The van der Waals surface area contributed by atoms with Crippen LogP contribution in [0.25, 0.3) is 0 Å². The molecule has 0 saturated carbocycles. The first kappa shape index (κ1) is 9.98. The van der Waals surface area contributed by atoms with Gasteiger partial charge in [0.1, 0.15) is 10.8 Å². The largest absolute Gasteiger partial charge is 0.507 e. The Morgan fingerprint density at radius 2 is 2.07 bits per heavy atom. The van der Waals surface area contributed by atoms with E-state index in [1.807, 2.05) is 25.1 Å². The second kappa shape index (κ2) is 4.31. The summed E-state index contributed by atoms with van der Waals surface area (Å²) in [6, 6.07) is 9.12. The van der Waals surface area contributed by atoms with Crippen LogP contribution in [0.3, 0.4) is 0 Å². The molecule has 0 amide bonds. The van der Waals surface area contributed by atoms with Gasteiger partial charge < -0.3 is 5.11 Å². The fraction of sp³-hybridized carbons (Fsp3) is 0.0909. The molecule has 0 unspecified atom stereocenters.